The fourth-order valence-electron chi connectivity index (χ4n) is 1.43. The molecule has 0 bridgehead atoms. The van der Waals surface area contributed by atoms with Crippen molar-refractivity contribution < 1.29 is 23.1 Å². The van der Waals surface area contributed by atoms with Crippen molar-refractivity contribution in [2.24, 2.45) is 0 Å². The third kappa shape index (κ3) is 4.44. The van der Waals surface area contributed by atoms with Crippen LogP contribution in [0.4, 0.5) is 5.13 Å². The molecule has 0 fully saturated rings. The molecule has 118 valence electrons. The van der Waals surface area contributed by atoms with E-state index in [1.807, 2.05) is 0 Å². The molecule has 1 aromatic rings. The average molecular weight is 336 g/mol. The second-order valence-corrected chi connectivity index (χ2v) is 7.30. The number of carboxylic acid groups (broad SMARTS) is 1. The Hall–Kier alpha value is -1.59. The summed E-state index contributed by atoms with van der Waals surface area (Å²) < 4.78 is 25.4. The van der Waals surface area contributed by atoms with Crippen LogP contribution >= 0.6 is 11.3 Å². The minimum atomic E-state index is -4.08. The summed E-state index contributed by atoms with van der Waals surface area (Å²) in [4.78, 5) is 21.8. The normalized spacial score (nSPS) is 13.1. The Balaban J connectivity index is 3.13. The number of nitrogens with zero attached hydrogens (tertiary/aromatic N) is 3. The molecule has 0 aromatic carbocycles. The number of sulfonamides is 1. The first-order chi connectivity index (χ1) is 9.68. The van der Waals surface area contributed by atoms with Gasteiger partial charge in [0.2, 0.25) is 15.4 Å². The van der Waals surface area contributed by atoms with Gasteiger partial charge in [-0.05, 0) is 13.3 Å². The van der Waals surface area contributed by atoms with Gasteiger partial charge in [-0.1, -0.05) is 18.3 Å². The quantitative estimate of drug-likeness (QED) is 0.688. The van der Waals surface area contributed by atoms with Crippen LogP contribution in [0, 0.1) is 0 Å². The molecule has 9 nitrogen and oxygen atoms in total. The van der Waals surface area contributed by atoms with E-state index in [0.29, 0.717) is 17.8 Å². The molecule has 1 amide bonds. The zero-order chi connectivity index (χ0) is 16.2. The number of aromatic nitrogens is 2. The molecule has 2 N–H and O–H groups in total. The van der Waals surface area contributed by atoms with Crippen molar-refractivity contribution in [1.82, 2.24) is 14.5 Å². The van der Waals surface area contributed by atoms with Crippen molar-refractivity contribution in [2.75, 3.05) is 11.9 Å². The predicted molar refractivity (Wildman–Crippen MR) is 75.5 cm³/mol. The number of aliphatic carboxylic acids is 1. The summed E-state index contributed by atoms with van der Waals surface area (Å²) in [5.41, 5.74) is 0. The van der Waals surface area contributed by atoms with Gasteiger partial charge in [0, 0.05) is 13.0 Å². The van der Waals surface area contributed by atoms with Gasteiger partial charge in [-0.25, -0.2) is 8.42 Å². The van der Waals surface area contributed by atoms with Gasteiger partial charge in [-0.2, -0.15) is 4.31 Å². The Morgan fingerprint density at radius 1 is 1.43 bits per heavy atom. The topological polar surface area (TPSA) is 130 Å². The van der Waals surface area contributed by atoms with Crippen LogP contribution in [0.25, 0.3) is 0 Å². The van der Waals surface area contributed by atoms with Crippen molar-refractivity contribution in [3.05, 3.63) is 0 Å². The molecule has 0 saturated carbocycles. The number of nitrogens with one attached hydrogen (secondary N) is 1. The number of anilines is 1. The van der Waals surface area contributed by atoms with Gasteiger partial charge in [-0.3, -0.25) is 9.59 Å². The largest absolute Gasteiger partial charge is 0.480 e. The predicted octanol–water partition coefficient (Wildman–Crippen LogP) is 0.370. The molecule has 1 heterocycles. The van der Waals surface area contributed by atoms with E-state index >= 15 is 0 Å². The van der Waals surface area contributed by atoms with Gasteiger partial charge >= 0.3 is 5.97 Å². The number of amides is 1. The number of hydrogen-bond donors (Lipinski definition) is 2. The zero-order valence-corrected chi connectivity index (χ0v) is 13.4. The highest BCUT2D eigenvalue weighted by atomic mass is 32.2. The lowest BCUT2D eigenvalue weighted by atomic mass is 10.2. The van der Waals surface area contributed by atoms with E-state index in [1.54, 1.807) is 13.8 Å². The first-order valence-corrected chi connectivity index (χ1v) is 8.28. The molecule has 0 aliphatic carbocycles. The lowest BCUT2D eigenvalue weighted by Crippen LogP contribution is -2.41. The van der Waals surface area contributed by atoms with Crippen molar-refractivity contribution >= 4 is 38.4 Å². The molecule has 0 spiro atoms. The maximum Gasteiger partial charge on any atom is 0.318 e. The van der Waals surface area contributed by atoms with Gasteiger partial charge in [0.1, 0.15) is 6.54 Å². The summed E-state index contributed by atoms with van der Waals surface area (Å²) in [6.07, 6.45) is 0.448. The average Bonchev–Trinajstić information content (AvgIpc) is 2.83. The van der Waals surface area contributed by atoms with E-state index in [1.165, 1.54) is 6.92 Å². The van der Waals surface area contributed by atoms with E-state index in [0.717, 1.165) is 4.31 Å². The van der Waals surface area contributed by atoms with Crippen LogP contribution in [-0.2, 0) is 19.6 Å². The van der Waals surface area contributed by atoms with E-state index in [2.05, 4.69) is 15.5 Å². The standard InChI is InChI=1S/C10H16N4O5S2/c1-4-6(2)14(5-8(16)17)21(18,19)10-13-12-9(20-10)11-7(3)15/h6H,4-5H2,1-3H3,(H,16,17)(H,11,12,15). The molecule has 1 rings (SSSR count). The number of rotatable bonds is 7. The SMILES string of the molecule is CCC(C)N(CC(=O)O)S(=O)(=O)c1nnc(NC(C)=O)s1. The van der Waals surface area contributed by atoms with E-state index < -0.39 is 34.5 Å². The summed E-state index contributed by atoms with van der Waals surface area (Å²) in [6.45, 7) is 3.95. The lowest BCUT2D eigenvalue weighted by molar-refractivity contribution is -0.137. The fourth-order valence-corrected chi connectivity index (χ4v) is 4.15. The highest BCUT2D eigenvalue weighted by molar-refractivity contribution is 7.91. The second kappa shape index (κ2) is 6.91. The first-order valence-electron chi connectivity index (χ1n) is 6.03. The lowest BCUT2D eigenvalue weighted by Gasteiger charge is -2.24. The van der Waals surface area contributed by atoms with Gasteiger partial charge in [0.15, 0.2) is 0 Å². The van der Waals surface area contributed by atoms with Crippen molar-refractivity contribution in [3.8, 4) is 0 Å². The van der Waals surface area contributed by atoms with Gasteiger partial charge < -0.3 is 10.4 Å². The molecular formula is C10H16N4O5S2. The van der Waals surface area contributed by atoms with Crippen molar-refractivity contribution in [1.29, 1.82) is 0 Å². The zero-order valence-electron chi connectivity index (χ0n) is 11.7. The molecule has 0 aliphatic rings. The minimum Gasteiger partial charge on any atom is -0.480 e. The molecular weight excluding hydrogens is 320 g/mol. The molecule has 0 saturated heterocycles. The van der Waals surface area contributed by atoms with Crippen LogP contribution in [0.2, 0.25) is 0 Å². The summed E-state index contributed by atoms with van der Waals surface area (Å²) in [5.74, 6) is -1.66. The molecule has 0 radical (unpaired) electrons. The van der Waals surface area contributed by atoms with Gasteiger partial charge in [-0.15, -0.1) is 10.2 Å². The summed E-state index contributed by atoms with van der Waals surface area (Å²) >= 11 is 0.675. The van der Waals surface area contributed by atoms with E-state index in [-0.39, 0.29) is 9.47 Å². The summed E-state index contributed by atoms with van der Waals surface area (Å²) in [5, 5.41) is 18.3. The smallest absolute Gasteiger partial charge is 0.318 e. The second-order valence-electron chi connectivity index (χ2n) is 4.26. The Morgan fingerprint density at radius 3 is 2.52 bits per heavy atom. The van der Waals surface area contributed by atoms with E-state index in [9.17, 15) is 18.0 Å². The van der Waals surface area contributed by atoms with Crippen LogP contribution in [-0.4, -0.2) is 52.5 Å². The summed E-state index contributed by atoms with van der Waals surface area (Å²) in [6, 6.07) is -0.501. The Kier molecular flexibility index (Phi) is 5.75. The highest BCUT2D eigenvalue weighted by Gasteiger charge is 2.33. The summed E-state index contributed by atoms with van der Waals surface area (Å²) in [7, 11) is -4.08. The molecule has 0 aliphatic heterocycles. The maximum absolute atomic E-state index is 12.4. The highest BCUT2D eigenvalue weighted by Crippen LogP contribution is 2.25. The Morgan fingerprint density at radius 2 is 2.05 bits per heavy atom. The number of carbonyl (C=O) groups is 2. The Labute approximate surface area is 126 Å². The van der Waals surface area contributed by atoms with Gasteiger partial charge in [0.25, 0.3) is 10.0 Å². The Bertz CT molecular complexity index is 627. The molecule has 11 heteroatoms. The number of hydrogen-bond acceptors (Lipinski definition) is 7. The maximum atomic E-state index is 12.4. The van der Waals surface area contributed by atoms with Crippen LogP contribution in [0.5, 0.6) is 0 Å². The third-order valence-electron chi connectivity index (χ3n) is 2.59. The molecule has 1 unspecified atom stereocenters. The van der Waals surface area contributed by atoms with Gasteiger partial charge in [0.05, 0.1) is 0 Å². The first kappa shape index (κ1) is 17.5. The monoisotopic (exact) mass is 336 g/mol. The number of carboxylic acids is 1. The molecule has 1 atom stereocenters. The number of carbonyl (C=O) groups excluding carboxylic acids is 1. The van der Waals surface area contributed by atoms with Crippen LogP contribution in [0.1, 0.15) is 27.2 Å². The van der Waals surface area contributed by atoms with E-state index in [4.69, 9.17) is 5.11 Å². The fraction of sp³-hybridized carbons (Fsp3) is 0.600. The van der Waals surface area contributed by atoms with Crippen LogP contribution < -0.4 is 5.32 Å². The van der Waals surface area contributed by atoms with Crippen LogP contribution in [0.15, 0.2) is 4.34 Å². The van der Waals surface area contributed by atoms with Crippen molar-refractivity contribution in [2.45, 2.75) is 37.6 Å². The minimum absolute atomic E-state index is 0.0421. The molecule has 21 heavy (non-hydrogen) atoms. The van der Waals surface area contributed by atoms with Crippen LogP contribution in [0.3, 0.4) is 0 Å². The third-order valence-corrected chi connectivity index (χ3v) is 5.74. The van der Waals surface area contributed by atoms with Crippen molar-refractivity contribution in [3.63, 3.8) is 0 Å². The molecule has 1 aromatic heterocycles.